The molecule has 1 amide bonds. The van der Waals surface area contributed by atoms with E-state index in [9.17, 15) is 9.90 Å². The fourth-order valence-electron chi connectivity index (χ4n) is 1.75. The number of rotatable bonds is 6. The largest absolute Gasteiger partial charge is 0.387 e. The maximum absolute atomic E-state index is 11.8. The third-order valence-corrected chi connectivity index (χ3v) is 2.91. The molecule has 0 saturated carbocycles. The van der Waals surface area contributed by atoms with E-state index in [0.29, 0.717) is 25.1 Å². The fourth-order valence-corrected chi connectivity index (χ4v) is 1.75. The van der Waals surface area contributed by atoms with Gasteiger partial charge < -0.3 is 10.4 Å². The third kappa shape index (κ3) is 3.89. The van der Waals surface area contributed by atoms with E-state index in [4.69, 9.17) is 0 Å². The van der Waals surface area contributed by atoms with Crippen LogP contribution in [0.15, 0.2) is 36.5 Å². The van der Waals surface area contributed by atoms with Crippen molar-refractivity contribution < 1.29 is 9.90 Å². The van der Waals surface area contributed by atoms with Gasteiger partial charge in [0.05, 0.1) is 18.8 Å². The monoisotopic (exact) mass is 274 g/mol. The number of para-hydroxylation sites is 1. The second-order valence-corrected chi connectivity index (χ2v) is 4.49. The van der Waals surface area contributed by atoms with E-state index in [1.165, 1.54) is 0 Å². The summed E-state index contributed by atoms with van der Waals surface area (Å²) in [4.78, 5) is 11.8. The first kappa shape index (κ1) is 14.2. The average molecular weight is 274 g/mol. The van der Waals surface area contributed by atoms with Gasteiger partial charge in [-0.1, -0.05) is 30.3 Å². The zero-order valence-electron chi connectivity index (χ0n) is 11.4. The number of carbonyl (C=O) groups excluding carboxylic acids is 1. The minimum absolute atomic E-state index is 0.0794. The molecule has 0 aliphatic carbocycles. The first-order valence-corrected chi connectivity index (χ1v) is 6.62. The zero-order chi connectivity index (χ0) is 14.4. The van der Waals surface area contributed by atoms with E-state index >= 15 is 0 Å². The van der Waals surface area contributed by atoms with Crippen LogP contribution in [-0.2, 0) is 11.3 Å². The zero-order valence-corrected chi connectivity index (χ0v) is 11.4. The lowest BCUT2D eigenvalue weighted by molar-refractivity contribution is -0.116. The smallest absolute Gasteiger partial charge is 0.226 e. The van der Waals surface area contributed by atoms with E-state index < -0.39 is 6.10 Å². The molecule has 0 saturated heterocycles. The van der Waals surface area contributed by atoms with Crippen molar-refractivity contribution in [2.75, 3.05) is 5.32 Å². The summed E-state index contributed by atoms with van der Waals surface area (Å²) in [5.74, 6) is -0.0794. The van der Waals surface area contributed by atoms with Crippen molar-refractivity contribution in [1.29, 1.82) is 0 Å². The maximum Gasteiger partial charge on any atom is 0.226 e. The number of aliphatic hydroxyl groups is 1. The molecule has 1 atom stereocenters. The standard InChI is InChI=1S/C14H18N4O2/c1-2-13(19)12-10-18(17-16-12)9-8-14(20)15-11-6-4-3-5-7-11/h3-7,10,13,19H,2,8-9H2,1H3,(H,15,20). The predicted molar refractivity (Wildman–Crippen MR) is 75.0 cm³/mol. The molecule has 2 aromatic rings. The number of hydrogen-bond acceptors (Lipinski definition) is 4. The highest BCUT2D eigenvalue weighted by Gasteiger charge is 2.10. The van der Waals surface area contributed by atoms with Gasteiger partial charge in [-0.2, -0.15) is 0 Å². The summed E-state index contributed by atoms with van der Waals surface area (Å²) in [6.07, 6.45) is 1.97. The van der Waals surface area contributed by atoms with Crippen LogP contribution in [0, 0.1) is 0 Å². The molecule has 0 bridgehead atoms. The Bertz CT molecular complexity index is 553. The third-order valence-electron chi connectivity index (χ3n) is 2.91. The highest BCUT2D eigenvalue weighted by atomic mass is 16.3. The van der Waals surface area contributed by atoms with Gasteiger partial charge in [-0.05, 0) is 18.6 Å². The molecule has 1 heterocycles. The van der Waals surface area contributed by atoms with Crippen molar-refractivity contribution in [3.8, 4) is 0 Å². The van der Waals surface area contributed by atoms with Gasteiger partial charge in [-0.3, -0.25) is 9.48 Å². The minimum atomic E-state index is -0.595. The molecule has 2 N–H and O–H groups in total. The van der Waals surface area contributed by atoms with Crippen molar-refractivity contribution >= 4 is 11.6 Å². The first-order valence-electron chi connectivity index (χ1n) is 6.62. The molecule has 1 aromatic carbocycles. The van der Waals surface area contributed by atoms with Crippen LogP contribution in [-0.4, -0.2) is 26.0 Å². The quantitative estimate of drug-likeness (QED) is 0.841. The van der Waals surface area contributed by atoms with Gasteiger partial charge in [0.15, 0.2) is 0 Å². The normalized spacial score (nSPS) is 12.1. The number of nitrogens with one attached hydrogen (secondary N) is 1. The molecular formula is C14H18N4O2. The highest BCUT2D eigenvalue weighted by Crippen LogP contribution is 2.12. The number of hydrogen-bond donors (Lipinski definition) is 2. The van der Waals surface area contributed by atoms with Crippen molar-refractivity contribution in [2.24, 2.45) is 0 Å². The molecule has 6 heteroatoms. The minimum Gasteiger partial charge on any atom is -0.387 e. The number of carbonyl (C=O) groups is 1. The summed E-state index contributed by atoms with van der Waals surface area (Å²) >= 11 is 0. The number of nitrogens with zero attached hydrogens (tertiary/aromatic N) is 3. The molecule has 0 fully saturated rings. The van der Waals surface area contributed by atoms with Crippen molar-refractivity contribution in [1.82, 2.24) is 15.0 Å². The van der Waals surface area contributed by atoms with Gasteiger partial charge in [0, 0.05) is 12.1 Å². The Hall–Kier alpha value is -2.21. The van der Waals surface area contributed by atoms with Gasteiger partial charge in [0.2, 0.25) is 5.91 Å². The molecule has 20 heavy (non-hydrogen) atoms. The van der Waals surface area contributed by atoms with Crippen LogP contribution in [0.25, 0.3) is 0 Å². The Labute approximate surface area is 117 Å². The Morgan fingerprint density at radius 1 is 1.40 bits per heavy atom. The lowest BCUT2D eigenvalue weighted by Crippen LogP contribution is -2.14. The molecule has 0 radical (unpaired) electrons. The van der Waals surface area contributed by atoms with Crippen LogP contribution in [0.1, 0.15) is 31.6 Å². The number of aryl methyl sites for hydroxylation is 1. The second kappa shape index (κ2) is 6.81. The summed E-state index contributed by atoms with van der Waals surface area (Å²) < 4.78 is 1.57. The summed E-state index contributed by atoms with van der Waals surface area (Å²) in [7, 11) is 0. The van der Waals surface area contributed by atoms with Crippen LogP contribution < -0.4 is 5.32 Å². The molecule has 6 nitrogen and oxygen atoms in total. The maximum atomic E-state index is 11.8. The molecule has 0 spiro atoms. The fraction of sp³-hybridized carbons (Fsp3) is 0.357. The molecule has 2 rings (SSSR count). The molecule has 0 aliphatic heterocycles. The van der Waals surface area contributed by atoms with Crippen LogP contribution in [0.4, 0.5) is 5.69 Å². The first-order chi connectivity index (χ1) is 9.69. The Kier molecular flexibility index (Phi) is 4.84. The lowest BCUT2D eigenvalue weighted by atomic mass is 10.2. The van der Waals surface area contributed by atoms with Crippen LogP contribution in [0.2, 0.25) is 0 Å². The molecule has 1 unspecified atom stereocenters. The van der Waals surface area contributed by atoms with E-state index in [0.717, 1.165) is 5.69 Å². The van der Waals surface area contributed by atoms with E-state index in [1.54, 1.807) is 10.9 Å². The van der Waals surface area contributed by atoms with Crippen LogP contribution in [0.3, 0.4) is 0 Å². The number of aromatic nitrogens is 3. The van der Waals surface area contributed by atoms with Crippen LogP contribution >= 0.6 is 0 Å². The van der Waals surface area contributed by atoms with Crippen molar-refractivity contribution in [2.45, 2.75) is 32.4 Å². The van der Waals surface area contributed by atoms with Crippen molar-refractivity contribution in [3.05, 3.63) is 42.2 Å². The van der Waals surface area contributed by atoms with Gasteiger partial charge in [-0.15, -0.1) is 5.10 Å². The SMILES string of the molecule is CCC(O)c1cn(CCC(=O)Nc2ccccc2)nn1. The number of anilines is 1. The summed E-state index contributed by atoms with van der Waals surface area (Å²) in [6, 6.07) is 9.30. The Balaban J connectivity index is 1.83. The Morgan fingerprint density at radius 3 is 2.85 bits per heavy atom. The average Bonchev–Trinajstić information content (AvgIpc) is 2.94. The molecule has 106 valence electrons. The topological polar surface area (TPSA) is 80.0 Å². The highest BCUT2D eigenvalue weighted by molar-refractivity contribution is 5.90. The van der Waals surface area contributed by atoms with E-state index in [1.807, 2.05) is 37.3 Å². The lowest BCUT2D eigenvalue weighted by Gasteiger charge is -2.04. The number of amides is 1. The van der Waals surface area contributed by atoms with Gasteiger partial charge in [0.1, 0.15) is 5.69 Å². The van der Waals surface area contributed by atoms with E-state index in [2.05, 4.69) is 15.6 Å². The van der Waals surface area contributed by atoms with Gasteiger partial charge in [0.25, 0.3) is 0 Å². The van der Waals surface area contributed by atoms with Crippen molar-refractivity contribution in [3.63, 3.8) is 0 Å². The van der Waals surface area contributed by atoms with E-state index in [-0.39, 0.29) is 5.91 Å². The number of benzene rings is 1. The predicted octanol–water partition coefficient (Wildman–Crippen LogP) is 1.75. The molecular weight excluding hydrogens is 256 g/mol. The van der Waals surface area contributed by atoms with Gasteiger partial charge in [-0.25, -0.2) is 0 Å². The Morgan fingerprint density at radius 2 is 2.15 bits per heavy atom. The van der Waals surface area contributed by atoms with Crippen LogP contribution in [0.5, 0.6) is 0 Å². The second-order valence-electron chi connectivity index (χ2n) is 4.49. The summed E-state index contributed by atoms with van der Waals surface area (Å²) in [6.45, 7) is 2.30. The molecule has 0 aliphatic rings. The van der Waals surface area contributed by atoms with Gasteiger partial charge >= 0.3 is 0 Å². The summed E-state index contributed by atoms with van der Waals surface area (Å²) in [5, 5.41) is 20.2. The molecule has 1 aromatic heterocycles. The number of aliphatic hydroxyl groups excluding tert-OH is 1. The summed E-state index contributed by atoms with van der Waals surface area (Å²) in [5.41, 5.74) is 1.31.